The molecule has 1 aliphatic heterocycles. The van der Waals surface area contributed by atoms with Gasteiger partial charge in [0.2, 0.25) is 5.91 Å². The number of nitrogens with zero attached hydrogens (tertiary/aromatic N) is 1. The van der Waals surface area contributed by atoms with Crippen molar-refractivity contribution in [1.29, 1.82) is 0 Å². The third kappa shape index (κ3) is 4.70. The van der Waals surface area contributed by atoms with E-state index in [4.69, 9.17) is 14.2 Å². The van der Waals surface area contributed by atoms with Gasteiger partial charge < -0.3 is 19.5 Å². The molecule has 0 radical (unpaired) electrons. The summed E-state index contributed by atoms with van der Waals surface area (Å²) in [5, 5.41) is 11.9. The Balaban J connectivity index is 1.35. The van der Waals surface area contributed by atoms with Gasteiger partial charge in [-0.05, 0) is 59.3 Å². The molecule has 0 fully saturated rings. The summed E-state index contributed by atoms with van der Waals surface area (Å²) in [5.74, 6) is 1.72. The van der Waals surface area contributed by atoms with E-state index in [1.807, 2.05) is 60.1 Å². The minimum atomic E-state index is -0.316. The topological polar surface area (TPSA) is 85.5 Å². The quantitative estimate of drug-likeness (QED) is 0.408. The van der Waals surface area contributed by atoms with Gasteiger partial charge in [0.15, 0.2) is 0 Å². The number of rotatable bonds is 7. The molecule has 0 saturated carbocycles. The van der Waals surface area contributed by atoms with E-state index in [1.54, 1.807) is 24.6 Å². The molecule has 2 aromatic heterocycles. The Morgan fingerprint density at radius 2 is 2.18 bits per heavy atom. The standard InChI is InChI=1S/C25H23N3O4S/c1-30-20-5-7-23-17(10-20)9-18(14-31-23)25(29)28-22-6-4-16(19-12-26-27-13-19)11-24(22)32-15-21-3-2-8-33-21/h2-8,10-13,18H,9,14-15H2,1H3,(H,26,27)(H,28,29)/t18-/m1/s1. The van der Waals surface area contributed by atoms with Crippen LogP contribution < -0.4 is 19.5 Å². The molecule has 4 aromatic rings. The van der Waals surface area contributed by atoms with Gasteiger partial charge in [-0.1, -0.05) is 12.1 Å². The minimum Gasteiger partial charge on any atom is -0.497 e. The molecular formula is C25H23N3O4S. The lowest BCUT2D eigenvalue weighted by Crippen LogP contribution is -2.32. The van der Waals surface area contributed by atoms with E-state index < -0.39 is 0 Å². The highest BCUT2D eigenvalue weighted by molar-refractivity contribution is 7.09. The number of H-pyrrole nitrogens is 1. The van der Waals surface area contributed by atoms with E-state index in [9.17, 15) is 4.79 Å². The van der Waals surface area contributed by atoms with E-state index in [1.165, 1.54) is 0 Å². The predicted molar refractivity (Wildman–Crippen MR) is 127 cm³/mol. The molecule has 1 aliphatic rings. The molecule has 168 valence electrons. The van der Waals surface area contributed by atoms with Crippen LogP contribution in [-0.4, -0.2) is 29.8 Å². The molecular weight excluding hydrogens is 438 g/mol. The number of amides is 1. The number of anilines is 1. The first-order valence-electron chi connectivity index (χ1n) is 10.6. The average molecular weight is 462 g/mol. The van der Waals surface area contributed by atoms with Crippen molar-refractivity contribution in [3.8, 4) is 28.4 Å². The van der Waals surface area contributed by atoms with Gasteiger partial charge in [0.25, 0.3) is 0 Å². The van der Waals surface area contributed by atoms with Crippen LogP contribution in [-0.2, 0) is 17.8 Å². The third-order valence-electron chi connectivity index (χ3n) is 5.57. The number of carbonyl (C=O) groups is 1. The molecule has 0 aliphatic carbocycles. The Bertz CT molecular complexity index is 1240. The van der Waals surface area contributed by atoms with Gasteiger partial charge in [0.05, 0.1) is 24.9 Å². The van der Waals surface area contributed by atoms with E-state index in [0.29, 0.717) is 31.1 Å². The molecule has 0 bridgehead atoms. The lowest BCUT2D eigenvalue weighted by atomic mass is 9.95. The molecule has 2 N–H and O–H groups in total. The van der Waals surface area contributed by atoms with Gasteiger partial charge in [0, 0.05) is 16.6 Å². The molecule has 1 amide bonds. The van der Waals surface area contributed by atoms with E-state index in [0.717, 1.165) is 33.1 Å². The molecule has 0 unspecified atom stereocenters. The summed E-state index contributed by atoms with van der Waals surface area (Å²) < 4.78 is 17.3. The number of benzene rings is 2. The van der Waals surface area contributed by atoms with Crippen molar-refractivity contribution in [3.63, 3.8) is 0 Å². The fraction of sp³-hybridized carbons (Fsp3) is 0.200. The van der Waals surface area contributed by atoms with Crippen molar-refractivity contribution in [2.75, 3.05) is 19.0 Å². The SMILES string of the molecule is COc1ccc2c(c1)C[C@@H](C(=O)Nc1ccc(-c3cn[nH]c3)cc1OCc1cccs1)CO2. The monoisotopic (exact) mass is 461 g/mol. The van der Waals surface area contributed by atoms with Crippen LogP contribution in [0.2, 0.25) is 0 Å². The zero-order valence-corrected chi connectivity index (χ0v) is 18.9. The lowest BCUT2D eigenvalue weighted by molar-refractivity contribution is -0.121. The van der Waals surface area contributed by atoms with Crippen LogP contribution in [0.1, 0.15) is 10.4 Å². The Morgan fingerprint density at radius 3 is 2.97 bits per heavy atom. The minimum absolute atomic E-state index is 0.111. The smallest absolute Gasteiger partial charge is 0.231 e. The molecule has 0 spiro atoms. The number of hydrogen-bond donors (Lipinski definition) is 2. The molecule has 8 heteroatoms. The predicted octanol–water partition coefficient (Wildman–Crippen LogP) is 4.92. The maximum Gasteiger partial charge on any atom is 0.231 e. The highest BCUT2D eigenvalue weighted by Gasteiger charge is 2.27. The van der Waals surface area contributed by atoms with Gasteiger partial charge in [-0.25, -0.2) is 0 Å². The largest absolute Gasteiger partial charge is 0.497 e. The van der Waals surface area contributed by atoms with Crippen molar-refractivity contribution in [3.05, 3.63) is 76.7 Å². The van der Waals surface area contributed by atoms with Gasteiger partial charge in [-0.15, -0.1) is 11.3 Å². The Kier molecular flexibility index (Phi) is 5.99. The fourth-order valence-corrected chi connectivity index (χ4v) is 4.39. The van der Waals surface area contributed by atoms with E-state index in [-0.39, 0.29) is 11.8 Å². The number of thiophene rings is 1. The number of ether oxygens (including phenoxy) is 3. The summed E-state index contributed by atoms with van der Waals surface area (Å²) in [5.41, 5.74) is 3.48. The van der Waals surface area contributed by atoms with Crippen LogP contribution in [0.5, 0.6) is 17.2 Å². The molecule has 0 saturated heterocycles. The van der Waals surface area contributed by atoms with Crippen molar-refractivity contribution in [2.24, 2.45) is 5.92 Å². The number of nitrogens with one attached hydrogen (secondary N) is 2. The van der Waals surface area contributed by atoms with Crippen LogP contribution in [0.15, 0.2) is 66.3 Å². The Labute approximate surface area is 195 Å². The van der Waals surface area contributed by atoms with Crippen LogP contribution in [0.4, 0.5) is 5.69 Å². The normalized spacial score (nSPS) is 14.8. The van der Waals surface area contributed by atoms with Crippen molar-refractivity contribution in [1.82, 2.24) is 10.2 Å². The second-order valence-electron chi connectivity index (χ2n) is 7.74. The summed E-state index contributed by atoms with van der Waals surface area (Å²) >= 11 is 1.63. The van der Waals surface area contributed by atoms with Gasteiger partial charge >= 0.3 is 0 Å². The van der Waals surface area contributed by atoms with Crippen molar-refractivity contribution < 1.29 is 19.0 Å². The molecule has 7 nitrogen and oxygen atoms in total. The first-order valence-corrected chi connectivity index (χ1v) is 11.5. The number of aromatic nitrogens is 2. The van der Waals surface area contributed by atoms with Gasteiger partial charge in [0.1, 0.15) is 30.5 Å². The number of hydrogen-bond acceptors (Lipinski definition) is 6. The molecule has 2 aromatic carbocycles. The first-order chi connectivity index (χ1) is 16.2. The first kappa shape index (κ1) is 21.1. The lowest BCUT2D eigenvalue weighted by Gasteiger charge is -2.25. The van der Waals surface area contributed by atoms with Gasteiger partial charge in [-0.2, -0.15) is 5.10 Å². The highest BCUT2D eigenvalue weighted by atomic mass is 32.1. The second kappa shape index (κ2) is 9.38. The molecule has 5 rings (SSSR count). The maximum atomic E-state index is 13.1. The molecule has 3 heterocycles. The summed E-state index contributed by atoms with van der Waals surface area (Å²) in [6.07, 6.45) is 4.15. The van der Waals surface area contributed by atoms with E-state index in [2.05, 4.69) is 15.5 Å². The maximum absolute atomic E-state index is 13.1. The van der Waals surface area contributed by atoms with Crippen LogP contribution >= 0.6 is 11.3 Å². The summed E-state index contributed by atoms with van der Waals surface area (Å²) in [6, 6.07) is 15.4. The number of fused-ring (bicyclic) bond motifs is 1. The molecule has 1 atom stereocenters. The molecule has 33 heavy (non-hydrogen) atoms. The third-order valence-corrected chi connectivity index (χ3v) is 6.42. The highest BCUT2D eigenvalue weighted by Crippen LogP contribution is 2.34. The van der Waals surface area contributed by atoms with Gasteiger partial charge in [-0.3, -0.25) is 9.89 Å². The van der Waals surface area contributed by atoms with Crippen LogP contribution in [0, 0.1) is 5.92 Å². The van der Waals surface area contributed by atoms with Crippen LogP contribution in [0.3, 0.4) is 0 Å². The zero-order chi connectivity index (χ0) is 22.6. The van der Waals surface area contributed by atoms with Crippen molar-refractivity contribution in [2.45, 2.75) is 13.0 Å². The van der Waals surface area contributed by atoms with E-state index >= 15 is 0 Å². The Morgan fingerprint density at radius 1 is 1.24 bits per heavy atom. The summed E-state index contributed by atoms with van der Waals surface area (Å²) in [6.45, 7) is 0.749. The Hall–Kier alpha value is -3.78. The summed E-state index contributed by atoms with van der Waals surface area (Å²) in [7, 11) is 1.63. The number of aromatic amines is 1. The zero-order valence-electron chi connectivity index (χ0n) is 18.0. The summed E-state index contributed by atoms with van der Waals surface area (Å²) in [4.78, 5) is 14.2. The van der Waals surface area contributed by atoms with Crippen LogP contribution in [0.25, 0.3) is 11.1 Å². The second-order valence-corrected chi connectivity index (χ2v) is 8.77. The fourth-order valence-electron chi connectivity index (χ4n) is 3.78. The number of carbonyl (C=O) groups excluding carboxylic acids is 1. The average Bonchev–Trinajstić information content (AvgIpc) is 3.57. The number of methoxy groups -OCH3 is 1. The van der Waals surface area contributed by atoms with Crippen molar-refractivity contribution >= 4 is 22.9 Å².